The van der Waals surface area contributed by atoms with E-state index in [1.54, 1.807) is 0 Å². The molecule has 0 saturated carbocycles. The van der Waals surface area contributed by atoms with Crippen LogP contribution in [0.3, 0.4) is 0 Å². The highest BCUT2D eigenvalue weighted by Crippen LogP contribution is 2.52. The number of nitrogens with zero attached hydrogens (tertiary/aromatic N) is 2. The molecule has 11 rings (SSSR count). The largest absolute Gasteiger partial charge is 0.309 e. The fourth-order valence-electron chi connectivity index (χ4n) is 8.37. The van der Waals surface area contributed by atoms with E-state index in [0.717, 1.165) is 0 Å². The van der Waals surface area contributed by atoms with Crippen molar-refractivity contribution in [3.05, 3.63) is 158 Å². The molecule has 0 spiro atoms. The highest BCUT2D eigenvalue weighted by molar-refractivity contribution is 6.25. The molecular weight excluding hydrogens is 556 g/mol. The van der Waals surface area contributed by atoms with Gasteiger partial charge in [-0.2, -0.15) is 0 Å². The third-order valence-corrected chi connectivity index (χ3v) is 10.2. The Hall–Kier alpha value is -6.12. The van der Waals surface area contributed by atoms with Crippen LogP contribution in [0, 0.1) is 0 Å². The maximum absolute atomic E-state index is 2.52. The molecule has 0 saturated heterocycles. The van der Waals surface area contributed by atoms with Gasteiger partial charge in [-0.25, -0.2) is 0 Å². The summed E-state index contributed by atoms with van der Waals surface area (Å²) in [6.45, 7) is 0. The summed E-state index contributed by atoms with van der Waals surface area (Å²) in [6.07, 6.45) is 0. The van der Waals surface area contributed by atoms with E-state index in [1.807, 2.05) is 0 Å². The number of rotatable bonds is 2. The van der Waals surface area contributed by atoms with E-state index in [2.05, 4.69) is 167 Å². The predicted molar refractivity (Wildman–Crippen MR) is 195 cm³/mol. The topological polar surface area (TPSA) is 9.86 Å². The molecule has 0 N–H and O–H groups in total. The normalized spacial score (nSPS) is 12.3. The first-order chi connectivity index (χ1) is 22.8. The van der Waals surface area contributed by atoms with Gasteiger partial charge in [0, 0.05) is 38.5 Å². The van der Waals surface area contributed by atoms with E-state index in [9.17, 15) is 0 Å². The maximum atomic E-state index is 2.52. The standard InChI is InChI=1S/C44H26N2/c1-2-13-29(14-3-1)45-39-25-21-30(26-37(39)42-31-15-5-4-10-27(31)20-24-40(42)45)46-38-19-7-6-16-32(38)35-23-22-34-33-17-8-11-28-12-9-18-36(41(28)33)43(34)44(35)46/h1-26H. The van der Waals surface area contributed by atoms with Crippen LogP contribution in [0.25, 0.3) is 98.8 Å². The minimum absolute atomic E-state index is 1.17. The molecule has 2 nitrogen and oxygen atoms in total. The minimum atomic E-state index is 1.17. The molecule has 0 radical (unpaired) electrons. The first kappa shape index (κ1) is 24.2. The number of benzene rings is 8. The molecule has 2 heteroatoms. The summed E-state index contributed by atoms with van der Waals surface area (Å²) < 4.78 is 4.94. The van der Waals surface area contributed by atoms with Crippen LogP contribution >= 0.6 is 0 Å². The number of fused-ring (bicyclic) bond motifs is 12. The Balaban J connectivity index is 1.30. The number of hydrogen-bond acceptors (Lipinski definition) is 0. The van der Waals surface area contributed by atoms with Crippen molar-refractivity contribution >= 4 is 65.2 Å². The second kappa shape index (κ2) is 8.74. The van der Waals surface area contributed by atoms with Crippen molar-refractivity contribution in [1.82, 2.24) is 9.13 Å². The van der Waals surface area contributed by atoms with Gasteiger partial charge in [0.05, 0.1) is 22.1 Å². The fraction of sp³-hybridized carbons (Fsp3) is 0. The van der Waals surface area contributed by atoms with Crippen LogP contribution < -0.4 is 0 Å². The molecule has 1 aliphatic carbocycles. The van der Waals surface area contributed by atoms with Crippen molar-refractivity contribution < 1.29 is 0 Å². The second-order valence-corrected chi connectivity index (χ2v) is 12.5. The van der Waals surface area contributed by atoms with E-state index >= 15 is 0 Å². The summed E-state index contributed by atoms with van der Waals surface area (Å²) in [6, 6.07) is 58.2. The molecule has 8 aromatic carbocycles. The lowest BCUT2D eigenvalue weighted by molar-refractivity contribution is 1.17. The summed E-state index contributed by atoms with van der Waals surface area (Å²) in [7, 11) is 0. The molecule has 0 atom stereocenters. The van der Waals surface area contributed by atoms with Gasteiger partial charge in [0.1, 0.15) is 0 Å². The summed E-state index contributed by atoms with van der Waals surface area (Å²) in [5.41, 5.74) is 12.6. The molecule has 1 aliphatic rings. The number of para-hydroxylation sites is 2. The van der Waals surface area contributed by atoms with Gasteiger partial charge in [-0.15, -0.1) is 0 Å². The summed E-state index contributed by atoms with van der Waals surface area (Å²) in [4.78, 5) is 0. The van der Waals surface area contributed by atoms with E-state index in [1.165, 1.54) is 98.8 Å². The van der Waals surface area contributed by atoms with Crippen LogP contribution in [0.5, 0.6) is 0 Å². The third kappa shape index (κ3) is 3.01. The van der Waals surface area contributed by atoms with Gasteiger partial charge in [0.25, 0.3) is 0 Å². The van der Waals surface area contributed by atoms with Crippen molar-refractivity contribution in [1.29, 1.82) is 0 Å². The highest BCUT2D eigenvalue weighted by Gasteiger charge is 2.27. The lowest BCUT2D eigenvalue weighted by Gasteiger charge is -2.13. The Morgan fingerprint density at radius 3 is 1.93 bits per heavy atom. The molecule has 10 aromatic rings. The maximum Gasteiger partial charge on any atom is 0.0625 e. The zero-order valence-electron chi connectivity index (χ0n) is 24.9. The lowest BCUT2D eigenvalue weighted by atomic mass is 10.00. The fourth-order valence-corrected chi connectivity index (χ4v) is 8.37. The van der Waals surface area contributed by atoms with Crippen LogP contribution in [0.15, 0.2) is 158 Å². The Morgan fingerprint density at radius 1 is 0.326 bits per heavy atom. The zero-order chi connectivity index (χ0) is 29.9. The Bertz CT molecular complexity index is 2900. The van der Waals surface area contributed by atoms with Gasteiger partial charge in [-0.05, 0) is 80.7 Å². The second-order valence-electron chi connectivity index (χ2n) is 12.5. The van der Waals surface area contributed by atoms with Crippen molar-refractivity contribution in [2.75, 3.05) is 0 Å². The van der Waals surface area contributed by atoms with Crippen molar-refractivity contribution in [3.8, 4) is 33.6 Å². The van der Waals surface area contributed by atoms with Gasteiger partial charge in [0.2, 0.25) is 0 Å². The van der Waals surface area contributed by atoms with Crippen LogP contribution in [0.2, 0.25) is 0 Å². The SMILES string of the molecule is c1ccc(-n2c3ccc(-n4c5ccccc5c5ccc6c(c54)-c4cccc5cccc-6c45)cc3c3c4ccccc4ccc32)cc1. The molecule has 2 aromatic heterocycles. The van der Waals surface area contributed by atoms with Crippen LogP contribution in [0.1, 0.15) is 0 Å². The Kier molecular flexibility index (Phi) is 4.61. The van der Waals surface area contributed by atoms with Crippen molar-refractivity contribution in [2.24, 2.45) is 0 Å². The van der Waals surface area contributed by atoms with Crippen molar-refractivity contribution in [3.63, 3.8) is 0 Å². The van der Waals surface area contributed by atoms with Gasteiger partial charge in [0.15, 0.2) is 0 Å². The first-order valence-electron chi connectivity index (χ1n) is 16.0. The zero-order valence-corrected chi connectivity index (χ0v) is 24.9. The number of hydrogen-bond donors (Lipinski definition) is 0. The molecular formula is C44H26N2. The van der Waals surface area contributed by atoms with Gasteiger partial charge < -0.3 is 9.13 Å². The molecule has 2 heterocycles. The Labute approximate surface area is 265 Å². The number of aromatic nitrogens is 2. The quantitative estimate of drug-likeness (QED) is 0.192. The summed E-state index contributed by atoms with van der Waals surface area (Å²) in [5, 5.41) is 10.3. The molecule has 46 heavy (non-hydrogen) atoms. The monoisotopic (exact) mass is 582 g/mol. The molecule has 0 fully saturated rings. The molecule has 212 valence electrons. The van der Waals surface area contributed by atoms with E-state index in [0.29, 0.717) is 0 Å². The average Bonchev–Trinajstić information content (AvgIpc) is 3.75. The predicted octanol–water partition coefficient (Wildman–Crippen LogP) is 11.8. The summed E-state index contributed by atoms with van der Waals surface area (Å²) >= 11 is 0. The Morgan fingerprint density at radius 2 is 1.04 bits per heavy atom. The third-order valence-electron chi connectivity index (χ3n) is 10.2. The molecule has 0 bridgehead atoms. The molecule has 0 aliphatic heterocycles. The van der Waals surface area contributed by atoms with Gasteiger partial charge in [-0.3, -0.25) is 0 Å². The van der Waals surface area contributed by atoms with E-state index < -0.39 is 0 Å². The first-order valence-corrected chi connectivity index (χ1v) is 16.0. The molecule has 0 unspecified atom stereocenters. The van der Waals surface area contributed by atoms with Crippen molar-refractivity contribution in [2.45, 2.75) is 0 Å². The van der Waals surface area contributed by atoms with E-state index in [-0.39, 0.29) is 0 Å². The average molecular weight is 583 g/mol. The summed E-state index contributed by atoms with van der Waals surface area (Å²) in [5.74, 6) is 0. The lowest BCUT2D eigenvalue weighted by Crippen LogP contribution is -1.96. The van der Waals surface area contributed by atoms with Crippen LogP contribution in [0.4, 0.5) is 0 Å². The molecule has 0 amide bonds. The van der Waals surface area contributed by atoms with Crippen LogP contribution in [-0.2, 0) is 0 Å². The van der Waals surface area contributed by atoms with E-state index in [4.69, 9.17) is 0 Å². The van der Waals surface area contributed by atoms with Gasteiger partial charge >= 0.3 is 0 Å². The van der Waals surface area contributed by atoms with Gasteiger partial charge in [-0.1, -0.05) is 115 Å². The van der Waals surface area contributed by atoms with Crippen LogP contribution in [-0.4, -0.2) is 9.13 Å². The minimum Gasteiger partial charge on any atom is -0.309 e. The smallest absolute Gasteiger partial charge is 0.0625 e. The highest BCUT2D eigenvalue weighted by atomic mass is 15.0.